The molecular formula is C29H31Cl3N2O2S. The van der Waals surface area contributed by atoms with Gasteiger partial charge in [0.05, 0.1) is 15.8 Å². The van der Waals surface area contributed by atoms with Gasteiger partial charge in [0.2, 0.25) is 11.8 Å². The molecule has 37 heavy (non-hydrogen) atoms. The molecule has 2 amide bonds. The molecule has 3 rings (SSSR count). The lowest BCUT2D eigenvalue weighted by Gasteiger charge is -2.32. The van der Waals surface area contributed by atoms with E-state index in [4.69, 9.17) is 34.8 Å². The van der Waals surface area contributed by atoms with Crippen molar-refractivity contribution in [3.05, 3.63) is 105 Å². The molecular weight excluding hydrogens is 547 g/mol. The van der Waals surface area contributed by atoms with Crippen molar-refractivity contribution in [1.29, 1.82) is 0 Å². The number of carbonyl (C=O) groups excluding carboxylic acids is 2. The molecule has 1 N–H and O–H groups in total. The van der Waals surface area contributed by atoms with Gasteiger partial charge in [-0.05, 0) is 46.9 Å². The number of hydrogen-bond acceptors (Lipinski definition) is 3. The first-order valence-corrected chi connectivity index (χ1v) is 14.4. The van der Waals surface area contributed by atoms with E-state index in [9.17, 15) is 9.59 Å². The Bertz CT molecular complexity index is 1190. The van der Waals surface area contributed by atoms with Gasteiger partial charge in [0.15, 0.2) is 0 Å². The minimum absolute atomic E-state index is 0.126. The van der Waals surface area contributed by atoms with E-state index in [-0.39, 0.29) is 30.0 Å². The SMILES string of the molecule is CC(C)CNC(=O)C(Cc1ccccc1)N(Cc1ccc(Cl)c(Cl)c1)C(=O)CSCc1cccc(Cl)c1. The number of nitrogens with one attached hydrogen (secondary N) is 1. The van der Waals surface area contributed by atoms with Gasteiger partial charge in [0.1, 0.15) is 6.04 Å². The summed E-state index contributed by atoms with van der Waals surface area (Å²) >= 11 is 20.0. The van der Waals surface area contributed by atoms with Gasteiger partial charge in [-0.25, -0.2) is 0 Å². The molecule has 3 aromatic rings. The van der Waals surface area contributed by atoms with Gasteiger partial charge in [-0.3, -0.25) is 9.59 Å². The summed E-state index contributed by atoms with van der Waals surface area (Å²) < 4.78 is 0. The fourth-order valence-corrected chi connectivity index (χ4v) is 5.17. The highest BCUT2D eigenvalue weighted by Crippen LogP contribution is 2.25. The van der Waals surface area contributed by atoms with Crippen LogP contribution in [0.5, 0.6) is 0 Å². The van der Waals surface area contributed by atoms with Crippen molar-refractivity contribution in [2.75, 3.05) is 12.3 Å². The van der Waals surface area contributed by atoms with Crippen molar-refractivity contribution in [3.63, 3.8) is 0 Å². The van der Waals surface area contributed by atoms with E-state index in [1.165, 1.54) is 11.8 Å². The predicted molar refractivity (Wildman–Crippen MR) is 156 cm³/mol. The van der Waals surface area contributed by atoms with E-state index in [2.05, 4.69) is 5.32 Å². The second-order valence-corrected chi connectivity index (χ2v) is 11.5. The molecule has 0 heterocycles. The zero-order valence-corrected chi connectivity index (χ0v) is 24.0. The summed E-state index contributed by atoms with van der Waals surface area (Å²) in [5, 5.41) is 4.54. The zero-order valence-electron chi connectivity index (χ0n) is 20.9. The second kappa shape index (κ2) is 14.7. The van der Waals surface area contributed by atoms with Gasteiger partial charge >= 0.3 is 0 Å². The first-order chi connectivity index (χ1) is 17.7. The van der Waals surface area contributed by atoms with Crippen LogP contribution in [0.25, 0.3) is 0 Å². The number of thioether (sulfide) groups is 1. The molecule has 196 valence electrons. The number of nitrogens with zero attached hydrogens (tertiary/aromatic N) is 1. The van der Waals surface area contributed by atoms with E-state index in [0.29, 0.717) is 33.8 Å². The van der Waals surface area contributed by atoms with Crippen LogP contribution in [0, 0.1) is 5.92 Å². The lowest BCUT2D eigenvalue weighted by atomic mass is 10.0. The van der Waals surface area contributed by atoms with E-state index < -0.39 is 6.04 Å². The van der Waals surface area contributed by atoms with Crippen LogP contribution in [0.15, 0.2) is 72.8 Å². The van der Waals surface area contributed by atoms with E-state index in [0.717, 1.165) is 16.7 Å². The molecule has 1 unspecified atom stereocenters. The Morgan fingerprint density at radius 3 is 2.27 bits per heavy atom. The smallest absolute Gasteiger partial charge is 0.243 e. The third kappa shape index (κ3) is 9.57. The quantitative estimate of drug-likeness (QED) is 0.246. The Morgan fingerprint density at radius 2 is 1.59 bits per heavy atom. The van der Waals surface area contributed by atoms with Crippen LogP contribution in [0.1, 0.15) is 30.5 Å². The Morgan fingerprint density at radius 1 is 0.865 bits per heavy atom. The van der Waals surface area contributed by atoms with E-state index in [1.54, 1.807) is 17.0 Å². The molecule has 3 aromatic carbocycles. The monoisotopic (exact) mass is 576 g/mol. The molecule has 4 nitrogen and oxygen atoms in total. The van der Waals surface area contributed by atoms with Crippen molar-refractivity contribution in [2.45, 2.75) is 38.6 Å². The molecule has 0 aliphatic rings. The highest BCUT2D eigenvalue weighted by Gasteiger charge is 2.30. The first kappa shape index (κ1) is 29.4. The maximum absolute atomic E-state index is 13.7. The molecule has 0 spiro atoms. The van der Waals surface area contributed by atoms with Gasteiger partial charge in [0.25, 0.3) is 0 Å². The number of hydrogen-bond donors (Lipinski definition) is 1. The summed E-state index contributed by atoms with van der Waals surface area (Å²) in [6.07, 6.45) is 0.400. The minimum atomic E-state index is -0.685. The van der Waals surface area contributed by atoms with Crippen LogP contribution < -0.4 is 5.32 Å². The Labute approximate surface area is 238 Å². The molecule has 0 saturated heterocycles. The Kier molecular flexibility index (Phi) is 11.7. The van der Waals surface area contributed by atoms with Crippen molar-refractivity contribution in [3.8, 4) is 0 Å². The molecule has 0 aromatic heterocycles. The lowest BCUT2D eigenvalue weighted by Crippen LogP contribution is -2.51. The summed E-state index contributed by atoms with van der Waals surface area (Å²) in [5.74, 6) is 0.838. The average molecular weight is 578 g/mol. The molecule has 8 heteroatoms. The normalized spacial score (nSPS) is 11.8. The standard InChI is InChI=1S/C29H31Cl3N2O2S/c1-20(2)16-33-29(36)27(15-21-7-4-3-5-8-21)34(17-22-11-12-25(31)26(32)14-22)28(35)19-37-18-23-9-6-10-24(30)13-23/h3-14,20,27H,15-19H2,1-2H3,(H,33,36). The van der Waals surface area contributed by atoms with Gasteiger partial charge < -0.3 is 10.2 Å². The summed E-state index contributed by atoms with van der Waals surface area (Å²) in [6.45, 7) is 4.84. The molecule has 1 atom stereocenters. The van der Waals surface area contributed by atoms with Crippen LogP contribution in [0.4, 0.5) is 0 Å². The maximum atomic E-state index is 13.7. The molecule has 0 aliphatic carbocycles. The van der Waals surface area contributed by atoms with Crippen molar-refractivity contribution < 1.29 is 9.59 Å². The molecule has 0 saturated carbocycles. The fraction of sp³-hybridized carbons (Fsp3) is 0.310. The highest BCUT2D eigenvalue weighted by atomic mass is 35.5. The Balaban J connectivity index is 1.86. The summed E-state index contributed by atoms with van der Waals surface area (Å²) in [7, 11) is 0. The predicted octanol–water partition coefficient (Wildman–Crippen LogP) is 7.29. The molecule has 0 fully saturated rings. The third-order valence-electron chi connectivity index (χ3n) is 5.68. The van der Waals surface area contributed by atoms with Crippen LogP contribution >= 0.6 is 46.6 Å². The number of carbonyl (C=O) groups is 2. The second-order valence-electron chi connectivity index (χ2n) is 9.24. The summed E-state index contributed by atoms with van der Waals surface area (Å²) in [4.78, 5) is 28.8. The van der Waals surface area contributed by atoms with Crippen LogP contribution in [-0.2, 0) is 28.3 Å². The summed E-state index contributed by atoms with van der Waals surface area (Å²) in [6, 6.07) is 21.9. The number of benzene rings is 3. The first-order valence-electron chi connectivity index (χ1n) is 12.1. The van der Waals surface area contributed by atoms with Crippen molar-refractivity contribution in [2.24, 2.45) is 5.92 Å². The van der Waals surface area contributed by atoms with E-state index in [1.807, 2.05) is 74.5 Å². The number of rotatable bonds is 12. The number of amides is 2. The highest BCUT2D eigenvalue weighted by molar-refractivity contribution is 7.99. The average Bonchev–Trinajstić information content (AvgIpc) is 2.87. The number of halogens is 3. The van der Waals surface area contributed by atoms with Gasteiger partial charge in [-0.2, -0.15) is 0 Å². The lowest BCUT2D eigenvalue weighted by molar-refractivity contribution is -0.139. The third-order valence-corrected chi connectivity index (χ3v) is 7.64. The zero-order chi connectivity index (χ0) is 26.8. The minimum Gasteiger partial charge on any atom is -0.354 e. The Hall–Kier alpha value is -2.18. The van der Waals surface area contributed by atoms with Crippen molar-refractivity contribution in [1.82, 2.24) is 10.2 Å². The van der Waals surface area contributed by atoms with Gasteiger partial charge in [-0.1, -0.05) is 97.2 Å². The summed E-state index contributed by atoms with van der Waals surface area (Å²) in [5.41, 5.74) is 2.82. The molecule has 0 aliphatic heterocycles. The van der Waals surface area contributed by atoms with E-state index >= 15 is 0 Å². The largest absolute Gasteiger partial charge is 0.354 e. The van der Waals surface area contributed by atoms with Crippen LogP contribution in [0.3, 0.4) is 0 Å². The maximum Gasteiger partial charge on any atom is 0.243 e. The fourth-order valence-electron chi connectivity index (χ4n) is 3.78. The van der Waals surface area contributed by atoms with Crippen LogP contribution in [0.2, 0.25) is 15.1 Å². The molecule has 0 radical (unpaired) electrons. The van der Waals surface area contributed by atoms with Crippen LogP contribution in [-0.4, -0.2) is 35.1 Å². The van der Waals surface area contributed by atoms with Gasteiger partial charge in [0, 0.05) is 30.3 Å². The van der Waals surface area contributed by atoms with Gasteiger partial charge in [-0.15, -0.1) is 11.8 Å². The topological polar surface area (TPSA) is 49.4 Å². The van der Waals surface area contributed by atoms with Crippen molar-refractivity contribution >= 4 is 58.4 Å². The molecule has 0 bridgehead atoms.